The topological polar surface area (TPSA) is 87.4 Å². The summed E-state index contributed by atoms with van der Waals surface area (Å²) < 4.78 is 0. The molecular weight excluding hydrogens is 340 g/mol. The molecule has 1 N–H and O–H groups in total. The second kappa shape index (κ2) is 5.92. The van der Waals surface area contributed by atoms with Crippen LogP contribution in [0.4, 0.5) is 5.69 Å². The molecule has 134 valence electrons. The zero-order valence-electron chi connectivity index (χ0n) is 14.6. The van der Waals surface area contributed by atoms with Gasteiger partial charge in [0.05, 0.1) is 23.3 Å². The summed E-state index contributed by atoms with van der Waals surface area (Å²) in [4.78, 5) is 23.5. The molecule has 0 saturated heterocycles. The summed E-state index contributed by atoms with van der Waals surface area (Å²) in [7, 11) is 0. The van der Waals surface area contributed by atoms with Gasteiger partial charge >= 0.3 is 0 Å². The van der Waals surface area contributed by atoms with E-state index in [2.05, 4.69) is 21.5 Å². The van der Waals surface area contributed by atoms with Crippen LogP contribution < -0.4 is 5.32 Å². The predicted molar refractivity (Wildman–Crippen MR) is 98.7 cm³/mol. The molecule has 0 unspecified atom stereocenters. The minimum Gasteiger partial charge on any atom is -0.378 e. The molecule has 2 saturated carbocycles. The number of rotatable bonds is 3. The monoisotopic (exact) mass is 358 g/mol. The Morgan fingerprint density at radius 1 is 1.26 bits per heavy atom. The van der Waals surface area contributed by atoms with Crippen LogP contribution >= 0.6 is 0 Å². The van der Waals surface area contributed by atoms with E-state index in [0.717, 1.165) is 30.5 Å². The Labute approximate surface area is 156 Å². The molecule has 27 heavy (non-hydrogen) atoms. The van der Waals surface area contributed by atoms with Crippen molar-refractivity contribution in [2.24, 2.45) is 22.9 Å². The quantitative estimate of drug-likeness (QED) is 0.913. The molecule has 6 nitrogen and oxygen atoms in total. The van der Waals surface area contributed by atoms with Crippen molar-refractivity contribution in [3.05, 3.63) is 59.9 Å². The fourth-order valence-electron chi connectivity index (χ4n) is 5.02. The lowest BCUT2D eigenvalue weighted by Gasteiger charge is -2.35. The second-order valence-corrected chi connectivity index (χ2v) is 7.49. The van der Waals surface area contributed by atoms with Crippen molar-refractivity contribution in [2.45, 2.75) is 24.9 Å². The van der Waals surface area contributed by atoms with Crippen molar-refractivity contribution in [1.82, 2.24) is 4.98 Å². The number of carbonyl (C=O) groups excluding carboxylic acids is 1. The first-order chi connectivity index (χ1) is 13.2. The van der Waals surface area contributed by atoms with E-state index in [1.807, 2.05) is 12.1 Å². The van der Waals surface area contributed by atoms with Crippen molar-refractivity contribution in [3.8, 4) is 6.07 Å². The van der Waals surface area contributed by atoms with E-state index in [0.29, 0.717) is 17.2 Å². The highest BCUT2D eigenvalue weighted by molar-refractivity contribution is 6.10. The molecular formula is C21H18N4O2. The molecule has 0 radical (unpaired) electrons. The number of nitriles is 1. The number of pyridine rings is 1. The number of nitrogens with zero attached hydrogens (tertiary/aromatic N) is 3. The van der Waals surface area contributed by atoms with E-state index in [1.165, 1.54) is 0 Å². The molecule has 1 aliphatic heterocycles. The van der Waals surface area contributed by atoms with Crippen LogP contribution in [0, 0.1) is 29.1 Å². The number of nitrogens with one attached hydrogen (secondary N) is 1. The van der Waals surface area contributed by atoms with Gasteiger partial charge in [0.1, 0.15) is 0 Å². The molecule has 0 spiro atoms. The van der Waals surface area contributed by atoms with Gasteiger partial charge in [-0.3, -0.25) is 9.78 Å². The van der Waals surface area contributed by atoms with Gasteiger partial charge in [0, 0.05) is 29.6 Å². The highest BCUT2D eigenvalue weighted by atomic mass is 16.7. The van der Waals surface area contributed by atoms with Crippen molar-refractivity contribution < 1.29 is 9.63 Å². The summed E-state index contributed by atoms with van der Waals surface area (Å²) in [6.07, 6.45) is 6.58. The maximum atomic E-state index is 13.3. The lowest BCUT2D eigenvalue weighted by Crippen LogP contribution is -2.53. The van der Waals surface area contributed by atoms with E-state index < -0.39 is 5.60 Å². The number of benzene rings is 1. The van der Waals surface area contributed by atoms with Crippen molar-refractivity contribution in [2.75, 3.05) is 5.32 Å². The predicted octanol–water partition coefficient (Wildman–Crippen LogP) is 3.11. The lowest BCUT2D eigenvalue weighted by atomic mass is 9.72. The second-order valence-electron chi connectivity index (χ2n) is 7.49. The first-order valence-corrected chi connectivity index (χ1v) is 9.20. The number of oxime groups is 1. The highest BCUT2D eigenvalue weighted by Crippen LogP contribution is 2.60. The van der Waals surface area contributed by atoms with Crippen molar-refractivity contribution in [1.29, 1.82) is 5.26 Å². The molecule has 2 aromatic rings. The molecule has 2 heterocycles. The summed E-state index contributed by atoms with van der Waals surface area (Å²) in [6, 6.07) is 12.8. The number of carbonyl (C=O) groups is 1. The summed E-state index contributed by atoms with van der Waals surface area (Å²) in [5.74, 6) is 0.387. The van der Waals surface area contributed by atoms with Crippen molar-refractivity contribution in [3.63, 3.8) is 0 Å². The molecule has 5 rings (SSSR count). The molecule has 1 amide bonds. The Balaban J connectivity index is 1.47. The Morgan fingerprint density at radius 2 is 2.11 bits per heavy atom. The molecule has 3 aliphatic rings. The largest absolute Gasteiger partial charge is 0.378 e. The maximum absolute atomic E-state index is 13.3. The van der Waals surface area contributed by atoms with E-state index in [-0.39, 0.29) is 17.7 Å². The molecule has 2 fully saturated rings. The average Bonchev–Trinajstić information content (AvgIpc) is 3.41. The molecule has 2 aliphatic carbocycles. The highest BCUT2D eigenvalue weighted by Gasteiger charge is 2.69. The van der Waals surface area contributed by atoms with Gasteiger partial charge in [0.15, 0.2) is 0 Å². The van der Waals surface area contributed by atoms with Gasteiger partial charge in [-0.25, -0.2) is 0 Å². The van der Waals surface area contributed by atoms with Gasteiger partial charge in [-0.15, -0.1) is 0 Å². The minimum absolute atomic E-state index is 0.0427. The van der Waals surface area contributed by atoms with Crippen LogP contribution in [-0.4, -0.2) is 22.2 Å². The number of hydrogen-bond acceptors (Lipinski definition) is 5. The van der Waals surface area contributed by atoms with E-state index >= 15 is 0 Å². The minimum atomic E-state index is -0.942. The molecule has 1 aromatic carbocycles. The molecule has 2 bridgehead atoms. The lowest BCUT2D eigenvalue weighted by molar-refractivity contribution is -0.149. The number of aromatic nitrogens is 1. The average molecular weight is 358 g/mol. The molecule has 6 heteroatoms. The standard InChI is InChI=1S/C21H18N4O2/c22-11-13-3-7-17(8-4-13)24-20(26)21-16-6-5-14(10-16)18(21)19(25-27-21)15-2-1-9-23-12-15/h1-4,7-9,12,14,16,18H,5-6,10H2,(H,24,26)/t14-,16+,18-,21-/m1/s1. The summed E-state index contributed by atoms with van der Waals surface area (Å²) in [5.41, 5.74) is 2.03. The summed E-state index contributed by atoms with van der Waals surface area (Å²) in [5, 5.41) is 16.3. The first-order valence-electron chi connectivity index (χ1n) is 9.20. The van der Waals surface area contributed by atoms with Crippen LogP contribution in [0.1, 0.15) is 30.4 Å². The van der Waals surface area contributed by atoms with Gasteiger partial charge < -0.3 is 10.2 Å². The number of anilines is 1. The van der Waals surface area contributed by atoms with Crippen molar-refractivity contribution >= 4 is 17.3 Å². The Kier molecular flexibility index (Phi) is 3.51. The fraction of sp³-hybridized carbons (Fsp3) is 0.333. The summed E-state index contributed by atoms with van der Waals surface area (Å²) in [6.45, 7) is 0. The normalized spacial score (nSPS) is 30.2. The summed E-state index contributed by atoms with van der Waals surface area (Å²) >= 11 is 0. The third-order valence-corrected chi connectivity index (χ3v) is 6.19. The van der Waals surface area contributed by atoms with Crippen LogP contribution in [0.3, 0.4) is 0 Å². The van der Waals surface area contributed by atoms with Crippen LogP contribution in [0.15, 0.2) is 53.9 Å². The first kappa shape index (κ1) is 16.0. The van der Waals surface area contributed by atoms with Gasteiger partial charge in [0.2, 0.25) is 5.60 Å². The van der Waals surface area contributed by atoms with E-state index in [1.54, 1.807) is 36.7 Å². The van der Waals surface area contributed by atoms with Crippen LogP contribution in [-0.2, 0) is 9.63 Å². The third kappa shape index (κ3) is 2.28. The molecule has 1 aromatic heterocycles. The Bertz CT molecular complexity index is 964. The van der Waals surface area contributed by atoms with Crippen LogP contribution in [0.25, 0.3) is 0 Å². The fourth-order valence-corrected chi connectivity index (χ4v) is 5.02. The van der Waals surface area contributed by atoms with Crippen LogP contribution in [0.2, 0.25) is 0 Å². The zero-order chi connectivity index (χ0) is 18.4. The van der Waals surface area contributed by atoms with Crippen LogP contribution in [0.5, 0.6) is 0 Å². The smallest absolute Gasteiger partial charge is 0.272 e. The zero-order valence-corrected chi connectivity index (χ0v) is 14.6. The van der Waals surface area contributed by atoms with Gasteiger partial charge in [0.25, 0.3) is 5.91 Å². The number of hydrogen-bond donors (Lipinski definition) is 1. The van der Waals surface area contributed by atoms with E-state index in [4.69, 9.17) is 10.1 Å². The van der Waals surface area contributed by atoms with Gasteiger partial charge in [-0.2, -0.15) is 5.26 Å². The number of fused-ring (bicyclic) bond motifs is 5. The van der Waals surface area contributed by atoms with Gasteiger partial charge in [-0.1, -0.05) is 5.16 Å². The molecule has 4 atom stereocenters. The number of amides is 1. The Morgan fingerprint density at radius 3 is 2.85 bits per heavy atom. The van der Waals surface area contributed by atoms with Gasteiger partial charge in [-0.05, 0) is 61.6 Å². The SMILES string of the molecule is N#Cc1ccc(NC(=O)[C@]23ON=C(c4cccnc4)[C@H]2[C@@H]2CC[C@H]3C2)cc1. The third-order valence-electron chi connectivity index (χ3n) is 6.19. The maximum Gasteiger partial charge on any atom is 0.272 e. The van der Waals surface area contributed by atoms with E-state index in [9.17, 15) is 4.79 Å². The Hall–Kier alpha value is -3.20.